The van der Waals surface area contributed by atoms with Crippen LogP contribution in [0.25, 0.3) is 10.8 Å². The maximum Gasteiger partial charge on any atom is 0.0923 e. The zero-order chi connectivity index (χ0) is 11.1. The molecule has 2 aromatic carbocycles. The van der Waals surface area contributed by atoms with Crippen LogP contribution in [-0.4, -0.2) is 9.93 Å². The molecule has 2 atom stereocenters. The van der Waals surface area contributed by atoms with Gasteiger partial charge in [0.05, 0.1) is 6.10 Å². The third kappa shape index (κ3) is 1.48. The van der Waals surface area contributed by atoms with Crippen LogP contribution < -0.4 is 0 Å². The van der Waals surface area contributed by atoms with Gasteiger partial charge >= 0.3 is 0 Å². The predicted octanol–water partition coefficient (Wildman–Crippen LogP) is 3.58. The molecule has 0 saturated carbocycles. The normalized spacial score (nSPS) is 24.4. The van der Waals surface area contributed by atoms with E-state index in [2.05, 4.69) is 40.2 Å². The monoisotopic (exact) mass is 276 g/mol. The Hall–Kier alpha value is -0.860. The molecule has 0 fully saturated rings. The fraction of sp³-hybridized carbons (Fsp3) is 0.286. The average molecular weight is 277 g/mol. The third-order valence-electron chi connectivity index (χ3n) is 3.39. The van der Waals surface area contributed by atoms with E-state index in [0.717, 1.165) is 18.4 Å². The van der Waals surface area contributed by atoms with Crippen molar-refractivity contribution in [2.45, 2.75) is 23.8 Å². The van der Waals surface area contributed by atoms with Crippen molar-refractivity contribution in [1.82, 2.24) is 0 Å². The van der Waals surface area contributed by atoms with Crippen molar-refractivity contribution < 1.29 is 5.11 Å². The lowest BCUT2D eigenvalue weighted by molar-refractivity contribution is 0.167. The Morgan fingerprint density at radius 3 is 2.81 bits per heavy atom. The molecule has 3 rings (SSSR count). The number of hydrogen-bond donors (Lipinski definition) is 1. The Bertz CT molecular complexity index is 535. The SMILES string of the molecule is O[C@@H]1c2c(ccc3ccccc23)CC[C@H]1Br. The van der Waals surface area contributed by atoms with Gasteiger partial charge in [-0.1, -0.05) is 52.3 Å². The quantitative estimate of drug-likeness (QED) is 0.730. The number of halogens is 1. The standard InChI is InChI=1S/C14H13BrO/c15-12-8-7-10-6-5-9-3-1-2-4-11(9)13(10)14(12)16/h1-6,12,14,16H,7-8H2/t12-,14+/m1/s1. The van der Waals surface area contributed by atoms with Gasteiger partial charge in [0.15, 0.2) is 0 Å². The summed E-state index contributed by atoms with van der Waals surface area (Å²) in [6.45, 7) is 0. The lowest BCUT2D eigenvalue weighted by Crippen LogP contribution is -2.20. The summed E-state index contributed by atoms with van der Waals surface area (Å²) < 4.78 is 0. The van der Waals surface area contributed by atoms with Gasteiger partial charge in [0.25, 0.3) is 0 Å². The Labute approximate surface area is 103 Å². The number of rotatable bonds is 0. The zero-order valence-corrected chi connectivity index (χ0v) is 10.4. The van der Waals surface area contributed by atoms with Crippen LogP contribution in [0.15, 0.2) is 36.4 Å². The molecule has 1 nitrogen and oxygen atoms in total. The summed E-state index contributed by atoms with van der Waals surface area (Å²) in [4.78, 5) is 0.186. The van der Waals surface area contributed by atoms with Crippen LogP contribution >= 0.6 is 15.9 Å². The van der Waals surface area contributed by atoms with E-state index in [1.165, 1.54) is 16.3 Å². The summed E-state index contributed by atoms with van der Waals surface area (Å²) in [6.07, 6.45) is 1.68. The molecule has 0 aliphatic heterocycles. The van der Waals surface area contributed by atoms with Gasteiger partial charge < -0.3 is 5.11 Å². The molecule has 0 spiro atoms. The molecular formula is C14H13BrO. The highest BCUT2D eigenvalue weighted by molar-refractivity contribution is 9.09. The van der Waals surface area contributed by atoms with Gasteiger partial charge in [-0.25, -0.2) is 0 Å². The molecule has 16 heavy (non-hydrogen) atoms. The fourth-order valence-corrected chi connectivity index (χ4v) is 3.03. The molecule has 82 valence electrons. The molecule has 0 radical (unpaired) electrons. The van der Waals surface area contributed by atoms with E-state index in [-0.39, 0.29) is 10.9 Å². The first-order valence-electron chi connectivity index (χ1n) is 5.60. The minimum absolute atomic E-state index is 0.186. The van der Waals surface area contributed by atoms with E-state index in [1.807, 2.05) is 12.1 Å². The fourth-order valence-electron chi connectivity index (χ4n) is 2.54. The topological polar surface area (TPSA) is 20.2 Å². The number of aliphatic hydroxyl groups excluding tert-OH is 1. The van der Waals surface area contributed by atoms with E-state index in [0.29, 0.717) is 0 Å². The van der Waals surface area contributed by atoms with Crippen molar-refractivity contribution in [2.75, 3.05) is 0 Å². The van der Waals surface area contributed by atoms with E-state index in [9.17, 15) is 5.11 Å². The third-order valence-corrected chi connectivity index (χ3v) is 4.35. The van der Waals surface area contributed by atoms with E-state index in [1.54, 1.807) is 0 Å². The number of aryl methyl sites for hydroxylation is 1. The van der Waals surface area contributed by atoms with Crippen LogP contribution in [-0.2, 0) is 6.42 Å². The molecule has 1 aliphatic rings. The van der Waals surface area contributed by atoms with Crippen LogP contribution in [0.2, 0.25) is 0 Å². The van der Waals surface area contributed by atoms with E-state index >= 15 is 0 Å². The van der Waals surface area contributed by atoms with Crippen LogP contribution in [0, 0.1) is 0 Å². The number of aliphatic hydroxyl groups is 1. The maximum atomic E-state index is 10.3. The minimum atomic E-state index is -0.380. The van der Waals surface area contributed by atoms with Crippen molar-refractivity contribution in [3.8, 4) is 0 Å². The Morgan fingerprint density at radius 1 is 1.12 bits per heavy atom. The van der Waals surface area contributed by atoms with Crippen molar-refractivity contribution in [3.63, 3.8) is 0 Å². The number of alkyl halides is 1. The molecule has 0 heterocycles. The second-order valence-electron chi connectivity index (χ2n) is 4.36. The van der Waals surface area contributed by atoms with Gasteiger partial charge in [-0.3, -0.25) is 0 Å². The van der Waals surface area contributed by atoms with Gasteiger partial charge in [0.2, 0.25) is 0 Å². The van der Waals surface area contributed by atoms with Crippen LogP contribution in [0.5, 0.6) is 0 Å². The molecule has 1 N–H and O–H groups in total. The van der Waals surface area contributed by atoms with E-state index in [4.69, 9.17) is 0 Å². The van der Waals surface area contributed by atoms with E-state index < -0.39 is 0 Å². The summed E-state index contributed by atoms with van der Waals surface area (Å²) in [6, 6.07) is 12.6. The highest BCUT2D eigenvalue weighted by Gasteiger charge is 2.27. The summed E-state index contributed by atoms with van der Waals surface area (Å²) in [5.74, 6) is 0. The smallest absolute Gasteiger partial charge is 0.0923 e. The van der Waals surface area contributed by atoms with Gasteiger partial charge in [-0.15, -0.1) is 0 Å². The Kier molecular flexibility index (Phi) is 2.49. The lowest BCUT2D eigenvalue weighted by Gasteiger charge is -2.27. The van der Waals surface area contributed by atoms with Crippen molar-refractivity contribution in [3.05, 3.63) is 47.5 Å². The molecule has 2 heteroatoms. The molecule has 0 aromatic heterocycles. The average Bonchev–Trinajstić information content (AvgIpc) is 2.33. The second-order valence-corrected chi connectivity index (χ2v) is 5.54. The van der Waals surface area contributed by atoms with Gasteiger partial charge in [-0.2, -0.15) is 0 Å². The summed E-state index contributed by atoms with van der Waals surface area (Å²) in [5, 5.41) is 12.7. The van der Waals surface area contributed by atoms with Crippen LogP contribution in [0.4, 0.5) is 0 Å². The first kappa shape index (κ1) is 10.3. The highest BCUT2D eigenvalue weighted by Crippen LogP contribution is 2.38. The molecule has 1 aliphatic carbocycles. The van der Waals surface area contributed by atoms with Gasteiger partial charge in [0, 0.05) is 4.83 Å². The highest BCUT2D eigenvalue weighted by atomic mass is 79.9. The number of fused-ring (bicyclic) bond motifs is 3. The molecule has 2 aromatic rings. The van der Waals surface area contributed by atoms with Crippen molar-refractivity contribution >= 4 is 26.7 Å². The summed E-state index contributed by atoms with van der Waals surface area (Å²) >= 11 is 3.56. The molecular weight excluding hydrogens is 264 g/mol. The largest absolute Gasteiger partial charge is 0.387 e. The van der Waals surface area contributed by atoms with Crippen LogP contribution in [0.3, 0.4) is 0 Å². The number of benzene rings is 2. The predicted molar refractivity (Wildman–Crippen MR) is 69.9 cm³/mol. The van der Waals surface area contributed by atoms with Crippen LogP contribution in [0.1, 0.15) is 23.7 Å². The van der Waals surface area contributed by atoms with Crippen molar-refractivity contribution in [1.29, 1.82) is 0 Å². The van der Waals surface area contributed by atoms with Gasteiger partial charge in [0.1, 0.15) is 0 Å². The molecule has 0 amide bonds. The first-order chi connectivity index (χ1) is 7.77. The molecule has 0 saturated heterocycles. The van der Waals surface area contributed by atoms with Crippen molar-refractivity contribution in [2.24, 2.45) is 0 Å². The Balaban J connectivity index is 2.32. The maximum absolute atomic E-state index is 10.3. The first-order valence-corrected chi connectivity index (χ1v) is 6.51. The zero-order valence-electron chi connectivity index (χ0n) is 8.86. The minimum Gasteiger partial charge on any atom is -0.387 e. The Morgan fingerprint density at radius 2 is 1.94 bits per heavy atom. The number of hydrogen-bond acceptors (Lipinski definition) is 1. The second kappa shape index (κ2) is 3.86. The molecule has 0 bridgehead atoms. The summed E-state index contributed by atoms with van der Waals surface area (Å²) in [7, 11) is 0. The van der Waals surface area contributed by atoms with Gasteiger partial charge in [-0.05, 0) is 34.7 Å². The summed E-state index contributed by atoms with van der Waals surface area (Å²) in [5.41, 5.74) is 2.41. The lowest BCUT2D eigenvalue weighted by atomic mass is 9.86. The molecule has 0 unspecified atom stereocenters.